The summed E-state index contributed by atoms with van der Waals surface area (Å²) >= 11 is 6.84. The summed E-state index contributed by atoms with van der Waals surface area (Å²) in [6.07, 6.45) is 0.511. The lowest BCUT2D eigenvalue weighted by Gasteiger charge is -2.01. The van der Waals surface area contributed by atoms with Gasteiger partial charge in [0.1, 0.15) is 5.75 Å². The molecule has 0 bridgehead atoms. The lowest BCUT2D eigenvalue weighted by atomic mass is 10.1. The Labute approximate surface area is 108 Å². The molecule has 0 saturated carbocycles. The molecule has 0 amide bonds. The van der Waals surface area contributed by atoms with Gasteiger partial charge in [0.25, 0.3) is 0 Å². The van der Waals surface area contributed by atoms with Gasteiger partial charge < -0.3 is 5.11 Å². The summed E-state index contributed by atoms with van der Waals surface area (Å²) in [5.41, 5.74) is 0.379. The molecule has 0 aliphatic rings. The van der Waals surface area contributed by atoms with Crippen molar-refractivity contribution in [1.29, 1.82) is 0 Å². The number of aldehydes is 1. The van der Waals surface area contributed by atoms with Crippen molar-refractivity contribution in [2.24, 2.45) is 0 Å². The van der Waals surface area contributed by atoms with Gasteiger partial charge in [-0.05, 0) is 12.1 Å². The van der Waals surface area contributed by atoms with Crippen molar-refractivity contribution >= 4 is 34.8 Å². The molecule has 0 atom stereocenters. The quantitative estimate of drug-likeness (QED) is 0.661. The van der Waals surface area contributed by atoms with Gasteiger partial charge in [0.2, 0.25) is 0 Å². The predicted molar refractivity (Wildman–Crippen MR) is 68.5 cm³/mol. The molecule has 0 radical (unpaired) electrons. The first-order chi connectivity index (χ1) is 8.04. The Bertz CT molecular complexity index is 514. The highest BCUT2D eigenvalue weighted by Gasteiger charge is 2.06. The number of phenols is 1. The Balaban J connectivity index is 2.94. The SMILES string of the molecule is CC(=O)SCC#Cc1cc(Cl)cc(C=O)c1O. The van der Waals surface area contributed by atoms with Crippen LogP contribution in [0.25, 0.3) is 0 Å². The van der Waals surface area contributed by atoms with E-state index in [9.17, 15) is 14.7 Å². The van der Waals surface area contributed by atoms with Crippen LogP contribution >= 0.6 is 23.4 Å². The van der Waals surface area contributed by atoms with Gasteiger partial charge in [0.15, 0.2) is 11.4 Å². The van der Waals surface area contributed by atoms with Crippen molar-refractivity contribution < 1.29 is 14.7 Å². The summed E-state index contributed by atoms with van der Waals surface area (Å²) in [5.74, 6) is 5.52. The Morgan fingerprint density at radius 1 is 1.59 bits per heavy atom. The predicted octanol–water partition coefficient (Wildman–Crippen LogP) is 2.49. The Morgan fingerprint density at radius 3 is 2.88 bits per heavy atom. The highest BCUT2D eigenvalue weighted by molar-refractivity contribution is 8.13. The molecule has 0 aliphatic carbocycles. The molecule has 88 valence electrons. The van der Waals surface area contributed by atoms with Crippen LogP contribution in [0.2, 0.25) is 5.02 Å². The monoisotopic (exact) mass is 268 g/mol. The second-order valence-electron chi connectivity index (χ2n) is 3.09. The first kappa shape index (κ1) is 13.6. The van der Waals surface area contributed by atoms with E-state index in [2.05, 4.69) is 11.8 Å². The van der Waals surface area contributed by atoms with Gasteiger partial charge in [-0.2, -0.15) is 0 Å². The maximum absolute atomic E-state index is 10.7. The van der Waals surface area contributed by atoms with E-state index in [1.807, 2.05) is 0 Å². The van der Waals surface area contributed by atoms with E-state index < -0.39 is 0 Å². The Hall–Kier alpha value is -1.44. The van der Waals surface area contributed by atoms with Gasteiger partial charge >= 0.3 is 0 Å². The largest absolute Gasteiger partial charge is 0.506 e. The maximum atomic E-state index is 10.7. The molecular weight excluding hydrogens is 260 g/mol. The van der Waals surface area contributed by atoms with Crippen LogP contribution in [0, 0.1) is 11.8 Å². The molecule has 5 heteroatoms. The zero-order valence-corrected chi connectivity index (χ0v) is 10.6. The van der Waals surface area contributed by atoms with Gasteiger partial charge in [0, 0.05) is 11.9 Å². The molecule has 3 nitrogen and oxygen atoms in total. The fraction of sp³-hybridized carbons (Fsp3) is 0.167. The minimum Gasteiger partial charge on any atom is -0.506 e. The van der Waals surface area contributed by atoms with Crippen LogP contribution in [0.4, 0.5) is 0 Å². The van der Waals surface area contributed by atoms with Gasteiger partial charge in [-0.25, -0.2) is 0 Å². The number of halogens is 1. The maximum Gasteiger partial charge on any atom is 0.186 e. The van der Waals surface area contributed by atoms with Crippen LogP contribution in [0.5, 0.6) is 5.75 Å². The molecule has 1 rings (SSSR count). The van der Waals surface area contributed by atoms with E-state index in [0.717, 1.165) is 11.8 Å². The number of hydrogen-bond donors (Lipinski definition) is 1. The third-order valence-corrected chi connectivity index (χ3v) is 2.72. The molecule has 0 aliphatic heterocycles. The summed E-state index contributed by atoms with van der Waals surface area (Å²) in [6.45, 7) is 1.45. The van der Waals surface area contributed by atoms with Crippen LogP contribution in [0.1, 0.15) is 22.8 Å². The van der Waals surface area contributed by atoms with Crippen molar-refractivity contribution in [3.63, 3.8) is 0 Å². The highest BCUT2D eigenvalue weighted by atomic mass is 35.5. The average Bonchev–Trinajstić information content (AvgIpc) is 2.28. The van der Waals surface area contributed by atoms with Crippen molar-refractivity contribution in [2.75, 3.05) is 5.75 Å². The number of benzene rings is 1. The molecule has 1 aromatic rings. The fourth-order valence-electron chi connectivity index (χ4n) is 1.07. The second-order valence-corrected chi connectivity index (χ2v) is 4.68. The minimum atomic E-state index is -0.190. The van der Waals surface area contributed by atoms with Crippen LogP contribution in [0.15, 0.2) is 12.1 Å². The number of hydrogen-bond acceptors (Lipinski definition) is 4. The topological polar surface area (TPSA) is 54.4 Å². The summed E-state index contributed by atoms with van der Waals surface area (Å²) in [7, 11) is 0. The van der Waals surface area contributed by atoms with Crippen LogP contribution in [-0.2, 0) is 4.79 Å². The van der Waals surface area contributed by atoms with E-state index in [1.54, 1.807) is 0 Å². The summed E-state index contributed by atoms with van der Waals surface area (Å²) in [6, 6.07) is 2.83. The number of carbonyl (C=O) groups excluding carboxylic acids is 2. The van der Waals surface area contributed by atoms with Crippen LogP contribution in [0.3, 0.4) is 0 Å². The first-order valence-electron chi connectivity index (χ1n) is 4.64. The van der Waals surface area contributed by atoms with E-state index in [0.29, 0.717) is 17.1 Å². The number of phenolic OH excluding ortho intramolecular Hbond substituents is 1. The van der Waals surface area contributed by atoms with Gasteiger partial charge in [-0.3, -0.25) is 9.59 Å². The van der Waals surface area contributed by atoms with Crippen LogP contribution in [-0.4, -0.2) is 22.3 Å². The normalized spacial score (nSPS) is 9.29. The Morgan fingerprint density at radius 2 is 2.29 bits per heavy atom. The number of thioether (sulfide) groups is 1. The smallest absolute Gasteiger partial charge is 0.186 e. The zero-order chi connectivity index (χ0) is 12.8. The molecule has 0 fully saturated rings. The molecule has 0 unspecified atom stereocenters. The third kappa shape index (κ3) is 4.14. The molecular formula is C12H9ClO3S. The molecule has 0 spiro atoms. The molecule has 1 N–H and O–H groups in total. The molecule has 0 aromatic heterocycles. The number of rotatable bonds is 2. The lowest BCUT2D eigenvalue weighted by molar-refractivity contribution is -0.109. The van der Waals surface area contributed by atoms with E-state index >= 15 is 0 Å². The molecule has 0 saturated heterocycles. The Kier molecular flexibility index (Phi) is 5.08. The van der Waals surface area contributed by atoms with Gasteiger partial charge in [-0.15, -0.1) is 0 Å². The highest BCUT2D eigenvalue weighted by Crippen LogP contribution is 2.25. The van der Waals surface area contributed by atoms with Crippen molar-refractivity contribution in [2.45, 2.75) is 6.92 Å². The average molecular weight is 269 g/mol. The number of carbonyl (C=O) groups is 2. The van der Waals surface area contributed by atoms with E-state index in [-0.39, 0.29) is 22.0 Å². The van der Waals surface area contributed by atoms with Crippen molar-refractivity contribution in [3.8, 4) is 17.6 Å². The lowest BCUT2D eigenvalue weighted by Crippen LogP contribution is -1.87. The van der Waals surface area contributed by atoms with Gasteiger partial charge in [-0.1, -0.05) is 35.2 Å². The van der Waals surface area contributed by atoms with E-state index in [4.69, 9.17) is 11.6 Å². The van der Waals surface area contributed by atoms with Crippen LogP contribution < -0.4 is 0 Å². The minimum absolute atomic E-state index is 0.0248. The first-order valence-corrected chi connectivity index (χ1v) is 6.01. The summed E-state index contributed by atoms with van der Waals surface area (Å²) < 4.78 is 0. The summed E-state index contributed by atoms with van der Waals surface area (Å²) in [5, 5.41) is 9.96. The van der Waals surface area contributed by atoms with E-state index in [1.165, 1.54) is 19.1 Å². The fourth-order valence-corrected chi connectivity index (χ4v) is 1.65. The zero-order valence-electron chi connectivity index (χ0n) is 8.99. The molecule has 0 heterocycles. The molecule has 1 aromatic carbocycles. The van der Waals surface area contributed by atoms with Gasteiger partial charge in [0.05, 0.1) is 16.9 Å². The van der Waals surface area contributed by atoms with Crippen molar-refractivity contribution in [3.05, 3.63) is 28.3 Å². The third-order valence-electron chi connectivity index (χ3n) is 1.80. The second kappa shape index (κ2) is 6.33. The standard InChI is InChI=1S/C12H9ClO3S/c1-8(15)17-4-2-3-9-5-11(13)6-10(7-14)12(9)16/h5-7,16H,4H2,1H3. The summed E-state index contributed by atoms with van der Waals surface area (Å²) in [4.78, 5) is 21.3. The van der Waals surface area contributed by atoms with Crippen molar-refractivity contribution in [1.82, 2.24) is 0 Å². The molecule has 17 heavy (non-hydrogen) atoms. The number of aromatic hydroxyl groups is 1.